The number of likely N-dealkylation sites (N-methyl/N-ethyl adjacent to an activating group) is 1. The molecule has 1 aromatic rings. The molecule has 0 aliphatic carbocycles. The minimum atomic E-state index is -0.515. The summed E-state index contributed by atoms with van der Waals surface area (Å²) in [6.45, 7) is 2.98. The number of hydrogen-bond acceptors (Lipinski definition) is 4. The molecule has 2 unspecified atom stereocenters. The minimum absolute atomic E-state index is 0.104. The summed E-state index contributed by atoms with van der Waals surface area (Å²) in [5, 5.41) is 0. The number of ether oxygens (including phenoxy) is 2. The Hall–Kier alpha value is -1.46. The molecule has 110 valence electrons. The lowest BCUT2D eigenvalue weighted by molar-refractivity contribution is 0.0745. The predicted octanol–water partition coefficient (Wildman–Crippen LogP) is 2.13. The maximum absolute atomic E-state index is 13.6. The fourth-order valence-corrected chi connectivity index (χ4v) is 2.57. The molecule has 1 heterocycles. The quantitative estimate of drug-likeness (QED) is 0.775. The van der Waals surface area contributed by atoms with Crippen molar-refractivity contribution in [3.05, 3.63) is 29.6 Å². The van der Waals surface area contributed by atoms with E-state index in [9.17, 15) is 9.18 Å². The first-order valence-corrected chi connectivity index (χ1v) is 6.71. The lowest BCUT2D eigenvalue weighted by Gasteiger charge is -2.25. The van der Waals surface area contributed by atoms with Gasteiger partial charge in [-0.15, -0.1) is 0 Å². The average molecular weight is 281 g/mol. The van der Waals surface area contributed by atoms with E-state index in [1.807, 2.05) is 18.9 Å². The lowest BCUT2D eigenvalue weighted by atomic mass is 10.1. The van der Waals surface area contributed by atoms with Crippen molar-refractivity contribution in [2.45, 2.75) is 25.5 Å². The molecule has 0 amide bonds. The van der Waals surface area contributed by atoms with Crippen LogP contribution in [0.5, 0.6) is 5.75 Å². The van der Waals surface area contributed by atoms with E-state index in [4.69, 9.17) is 9.47 Å². The van der Waals surface area contributed by atoms with Crippen LogP contribution in [-0.4, -0.2) is 50.1 Å². The van der Waals surface area contributed by atoms with Crippen molar-refractivity contribution in [1.82, 2.24) is 4.90 Å². The number of Topliss-reactive ketones (excluding diaryl/α,β-unsaturated/α-hetero) is 1. The first-order valence-electron chi connectivity index (χ1n) is 6.71. The molecule has 0 saturated carbocycles. The number of nitrogens with zero attached hydrogens (tertiary/aromatic N) is 1. The standard InChI is InChI=1S/C15H20FNO3/c1-10-13(6-7-20-10)17(2)9-14(18)11-4-5-15(19-3)12(16)8-11/h4-5,8,10,13H,6-7,9H2,1-3H3. The second-order valence-electron chi connectivity index (χ2n) is 5.12. The van der Waals surface area contributed by atoms with E-state index < -0.39 is 5.82 Å². The summed E-state index contributed by atoms with van der Waals surface area (Å²) >= 11 is 0. The summed E-state index contributed by atoms with van der Waals surface area (Å²) in [6.07, 6.45) is 1.04. The first kappa shape index (κ1) is 14.9. The van der Waals surface area contributed by atoms with Crippen LogP contribution in [0.25, 0.3) is 0 Å². The Morgan fingerprint density at radius 2 is 2.30 bits per heavy atom. The van der Waals surface area contributed by atoms with Crippen LogP contribution in [0.1, 0.15) is 23.7 Å². The Balaban J connectivity index is 2.02. The van der Waals surface area contributed by atoms with Crippen LogP contribution < -0.4 is 4.74 Å². The van der Waals surface area contributed by atoms with Gasteiger partial charge < -0.3 is 9.47 Å². The minimum Gasteiger partial charge on any atom is -0.494 e. The molecule has 1 aliphatic heterocycles. The van der Waals surface area contributed by atoms with Crippen molar-refractivity contribution >= 4 is 5.78 Å². The zero-order valence-corrected chi connectivity index (χ0v) is 12.1. The number of carbonyl (C=O) groups is 1. The highest BCUT2D eigenvalue weighted by molar-refractivity contribution is 5.97. The van der Waals surface area contributed by atoms with Gasteiger partial charge in [0.25, 0.3) is 0 Å². The fourth-order valence-electron chi connectivity index (χ4n) is 2.57. The molecule has 0 radical (unpaired) electrons. The molecule has 1 saturated heterocycles. The molecule has 0 aromatic heterocycles. The molecule has 1 aliphatic rings. The van der Waals surface area contributed by atoms with E-state index in [1.165, 1.54) is 19.2 Å². The molecular weight excluding hydrogens is 261 g/mol. The normalized spacial score (nSPS) is 22.2. The van der Waals surface area contributed by atoms with E-state index in [2.05, 4.69) is 0 Å². The predicted molar refractivity (Wildman–Crippen MR) is 73.7 cm³/mol. The summed E-state index contributed by atoms with van der Waals surface area (Å²) in [4.78, 5) is 14.2. The van der Waals surface area contributed by atoms with Crippen molar-refractivity contribution < 1.29 is 18.7 Å². The van der Waals surface area contributed by atoms with Crippen molar-refractivity contribution in [3.63, 3.8) is 0 Å². The molecule has 1 fully saturated rings. The summed E-state index contributed by atoms with van der Waals surface area (Å²) in [6, 6.07) is 4.53. The van der Waals surface area contributed by atoms with E-state index in [0.717, 1.165) is 13.0 Å². The number of benzene rings is 1. The van der Waals surface area contributed by atoms with E-state index in [1.54, 1.807) is 6.07 Å². The maximum atomic E-state index is 13.6. The fraction of sp³-hybridized carbons (Fsp3) is 0.533. The van der Waals surface area contributed by atoms with Gasteiger partial charge >= 0.3 is 0 Å². The third kappa shape index (κ3) is 3.16. The van der Waals surface area contributed by atoms with Gasteiger partial charge in [-0.05, 0) is 38.6 Å². The summed E-state index contributed by atoms with van der Waals surface area (Å²) in [5.41, 5.74) is 0.363. The Morgan fingerprint density at radius 3 is 2.85 bits per heavy atom. The molecule has 2 rings (SSSR count). The zero-order valence-electron chi connectivity index (χ0n) is 12.1. The highest BCUT2D eigenvalue weighted by Gasteiger charge is 2.29. The summed E-state index contributed by atoms with van der Waals surface area (Å²) < 4.78 is 23.9. The van der Waals surface area contributed by atoms with Gasteiger partial charge in [0.1, 0.15) is 0 Å². The third-order valence-corrected chi connectivity index (χ3v) is 3.77. The summed E-state index contributed by atoms with van der Waals surface area (Å²) in [7, 11) is 3.29. The van der Waals surface area contributed by atoms with E-state index in [-0.39, 0.29) is 30.2 Å². The van der Waals surface area contributed by atoms with Gasteiger partial charge in [-0.1, -0.05) is 0 Å². The van der Waals surface area contributed by atoms with Gasteiger partial charge in [-0.25, -0.2) is 4.39 Å². The Kier molecular flexibility index (Phi) is 4.73. The third-order valence-electron chi connectivity index (χ3n) is 3.77. The van der Waals surface area contributed by atoms with Crippen LogP contribution in [0.3, 0.4) is 0 Å². The molecule has 4 nitrogen and oxygen atoms in total. The molecule has 0 bridgehead atoms. The average Bonchev–Trinajstić information content (AvgIpc) is 2.84. The first-order chi connectivity index (χ1) is 9.52. The lowest BCUT2D eigenvalue weighted by Crippen LogP contribution is -2.39. The highest BCUT2D eigenvalue weighted by Crippen LogP contribution is 2.20. The van der Waals surface area contributed by atoms with E-state index >= 15 is 0 Å². The number of ketones is 1. The molecule has 20 heavy (non-hydrogen) atoms. The topological polar surface area (TPSA) is 38.8 Å². The molecule has 0 spiro atoms. The van der Waals surface area contributed by atoms with Gasteiger partial charge in [0.15, 0.2) is 17.3 Å². The maximum Gasteiger partial charge on any atom is 0.176 e. The van der Waals surface area contributed by atoms with Crippen molar-refractivity contribution in [3.8, 4) is 5.75 Å². The smallest absolute Gasteiger partial charge is 0.176 e. The van der Waals surface area contributed by atoms with E-state index in [0.29, 0.717) is 5.56 Å². The van der Waals surface area contributed by atoms with Crippen molar-refractivity contribution in [2.24, 2.45) is 0 Å². The second-order valence-corrected chi connectivity index (χ2v) is 5.12. The number of hydrogen-bond donors (Lipinski definition) is 0. The molecule has 0 N–H and O–H groups in total. The van der Waals surface area contributed by atoms with Crippen LogP contribution in [-0.2, 0) is 4.74 Å². The Labute approximate surface area is 118 Å². The second kappa shape index (κ2) is 6.33. The van der Waals surface area contributed by atoms with Gasteiger partial charge in [-0.2, -0.15) is 0 Å². The Morgan fingerprint density at radius 1 is 1.55 bits per heavy atom. The molecular formula is C15H20FNO3. The van der Waals surface area contributed by atoms with Crippen LogP contribution in [0.15, 0.2) is 18.2 Å². The zero-order chi connectivity index (χ0) is 14.7. The van der Waals surface area contributed by atoms with Gasteiger partial charge in [0, 0.05) is 18.2 Å². The van der Waals surface area contributed by atoms with Crippen LogP contribution in [0.4, 0.5) is 4.39 Å². The monoisotopic (exact) mass is 281 g/mol. The summed E-state index contributed by atoms with van der Waals surface area (Å²) in [5.74, 6) is -0.473. The van der Waals surface area contributed by atoms with Crippen LogP contribution >= 0.6 is 0 Å². The SMILES string of the molecule is COc1ccc(C(=O)CN(C)C2CCOC2C)cc1F. The number of halogens is 1. The van der Waals surface area contributed by atoms with Gasteiger partial charge in [-0.3, -0.25) is 9.69 Å². The largest absolute Gasteiger partial charge is 0.494 e. The molecule has 1 aromatic carbocycles. The number of carbonyl (C=O) groups excluding carboxylic acids is 1. The van der Waals surface area contributed by atoms with Gasteiger partial charge in [0.2, 0.25) is 0 Å². The van der Waals surface area contributed by atoms with Crippen LogP contribution in [0, 0.1) is 5.82 Å². The van der Waals surface area contributed by atoms with Crippen molar-refractivity contribution in [1.29, 1.82) is 0 Å². The van der Waals surface area contributed by atoms with Crippen molar-refractivity contribution in [2.75, 3.05) is 27.3 Å². The number of methoxy groups -OCH3 is 1. The molecule has 2 atom stereocenters. The number of rotatable bonds is 5. The van der Waals surface area contributed by atoms with Gasteiger partial charge in [0.05, 0.1) is 19.8 Å². The highest BCUT2D eigenvalue weighted by atomic mass is 19.1. The Bertz CT molecular complexity index is 492. The molecule has 5 heteroatoms. The van der Waals surface area contributed by atoms with Crippen LogP contribution in [0.2, 0.25) is 0 Å².